The minimum absolute atomic E-state index is 0.694. The first-order chi connectivity index (χ1) is 10.7. The van der Waals surface area contributed by atoms with Gasteiger partial charge in [0.15, 0.2) is 0 Å². The molecule has 0 saturated heterocycles. The van der Waals surface area contributed by atoms with Gasteiger partial charge in [-0.25, -0.2) is 4.98 Å². The molecule has 3 aromatic heterocycles. The van der Waals surface area contributed by atoms with E-state index in [9.17, 15) is 0 Å². The highest BCUT2D eigenvalue weighted by molar-refractivity contribution is 6.35. The zero-order chi connectivity index (χ0) is 15.1. The van der Waals surface area contributed by atoms with E-state index in [0.29, 0.717) is 5.02 Å². The molecule has 0 aliphatic heterocycles. The smallest absolute Gasteiger partial charge is 0.1000 e. The highest BCUT2D eigenvalue weighted by Crippen LogP contribution is 2.27. The number of hydrogen-bond donors (Lipinski definition) is 0. The summed E-state index contributed by atoms with van der Waals surface area (Å²) < 4.78 is 3.71. The lowest BCUT2D eigenvalue weighted by Crippen LogP contribution is -1.93. The van der Waals surface area contributed by atoms with Gasteiger partial charge < -0.3 is 4.57 Å². The average molecular weight is 310 g/mol. The number of imidazole rings is 1. The highest BCUT2D eigenvalue weighted by Gasteiger charge is 2.09. The van der Waals surface area contributed by atoms with E-state index >= 15 is 0 Å². The van der Waals surface area contributed by atoms with Gasteiger partial charge in [0.05, 0.1) is 34.4 Å². The standard InChI is InChI=1S/C16H12ClN5/c1-21-8-11(7-20-21)14-9-22(10-19-14)15-4-2-3-12-13(17)5-6-18-16(12)15/h2-10H,1H3. The van der Waals surface area contributed by atoms with Crippen LogP contribution in [-0.2, 0) is 7.05 Å². The van der Waals surface area contributed by atoms with E-state index in [1.54, 1.807) is 29.5 Å². The Morgan fingerprint density at radius 2 is 2.00 bits per heavy atom. The van der Waals surface area contributed by atoms with Crippen molar-refractivity contribution in [1.29, 1.82) is 0 Å². The van der Waals surface area contributed by atoms with Crippen LogP contribution in [0.15, 0.2) is 55.4 Å². The number of nitrogens with zero attached hydrogens (tertiary/aromatic N) is 5. The fourth-order valence-electron chi connectivity index (χ4n) is 2.49. The summed E-state index contributed by atoms with van der Waals surface area (Å²) in [5, 5.41) is 5.80. The van der Waals surface area contributed by atoms with Crippen LogP contribution >= 0.6 is 11.6 Å². The molecule has 108 valence electrons. The number of rotatable bonds is 2. The van der Waals surface area contributed by atoms with Gasteiger partial charge in [-0.3, -0.25) is 9.67 Å². The zero-order valence-electron chi connectivity index (χ0n) is 11.8. The molecule has 4 rings (SSSR count). The predicted molar refractivity (Wildman–Crippen MR) is 86.1 cm³/mol. The molecule has 4 aromatic rings. The molecule has 3 heterocycles. The number of hydrogen-bond acceptors (Lipinski definition) is 3. The normalized spacial score (nSPS) is 11.2. The monoisotopic (exact) mass is 309 g/mol. The summed E-state index contributed by atoms with van der Waals surface area (Å²) in [4.78, 5) is 8.91. The van der Waals surface area contributed by atoms with E-state index < -0.39 is 0 Å². The van der Waals surface area contributed by atoms with Gasteiger partial charge in [-0.1, -0.05) is 23.7 Å². The minimum atomic E-state index is 0.694. The molecule has 0 N–H and O–H groups in total. The van der Waals surface area contributed by atoms with Gasteiger partial charge >= 0.3 is 0 Å². The van der Waals surface area contributed by atoms with Crippen molar-refractivity contribution in [3.05, 3.63) is 60.4 Å². The molecular weight excluding hydrogens is 298 g/mol. The molecule has 0 atom stereocenters. The third-order valence-corrected chi connectivity index (χ3v) is 3.89. The Morgan fingerprint density at radius 1 is 1.09 bits per heavy atom. The van der Waals surface area contributed by atoms with Gasteiger partial charge in [-0.05, 0) is 12.1 Å². The minimum Gasteiger partial charge on any atom is -0.303 e. The van der Waals surface area contributed by atoms with Gasteiger partial charge in [-0.15, -0.1) is 0 Å². The molecule has 22 heavy (non-hydrogen) atoms. The van der Waals surface area contributed by atoms with Gasteiger partial charge in [0.2, 0.25) is 0 Å². The number of aryl methyl sites for hydroxylation is 1. The molecule has 5 nitrogen and oxygen atoms in total. The molecule has 0 amide bonds. The van der Waals surface area contributed by atoms with E-state index in [2.05, 4.69) is 15.1 Å². The molecule has 1 aromatic carbocycles. The SMILES string of the molecule is Cn1cc(-c2cn(-c3cccc4c(Cl)ccnc34)cn2)cn1. The summed E-state index contributed by atoms with van der Waals surface area (Å²) in [6, 6.07) is 7.73. The summed E-state index contributed by atoms with van der Waals surface area (Å²) in [6.45, 7) is 0. The number of pyridine rings is 1. The number of fused-ring (bicyclic) bond motifs is 1. The molecule has 0 saturated carbocycles. The summed E-state index contributed by atoms with van der Waals surface area (Å²) in [5.74, 6) is 0. The van der Waals surface area contributed by atoms with Crippen LogP contribution in [0.4, 0.5) is 0 Å². The molecular formula is C16H12ClN5. The van der Waals surface area contributed by atoms with Crippen molar-refractivity contribution < 1.29 is 0 Å². The van der Waals surface area contributed by atoms with Crippen LogP contribution in [0.25, 0.3) is 27.8 Å². The highest BCUT2D eigenvalue weighted by atomic mass is 35.5. The second kappa shape index (κ2) is 4.96. The van der Waals surface area contributed by atoms with Crippen molar-refractivity contribution in [2.24, 2.45) is 7.05 Å². The molecule has 0 radical (unpaired) electrons. The zero-order valence-corrected chi connectivity index (χ0v) is 12.6. The number of aromatic nitrogens is 5. The van der Waals surface area contributed by atoms with Gasteiger partial charge in [-0.2, -0.15) is 5.10 Å². The largest absolute Gasteiger partial charge is 0.303 e. The first kappa shape index (κ1) is 13.0. The topological polar surface area (TPSA) is 48.5 Å². The second-order valence-electron chi connectivity index (χ2n) is 5.03. The number of benzene rings is 1. The fourth-order valence-corrected chi connectivity index (χ4v) is 2.70. The van der Waals surface area contributed by atoms with Gasteiger partial charge in [0.1, 0.15) is 0 Å². The van der Waals surface area contributed by atoms with Crippen molar-refractivity contribution in [2.45, 2.75) is 0 Å². The van der Waals surface area contributed by atoms with E-state index in [0.717, 1.165) is 27.8 Å². The van der Waals surface area contributed by atoms with E-state index in [-0.39, 0.29) is 0 Å². The van der Waals surface area contributed by atoms with Crippen molar-refractivity contribution in [3.8, 4) is 16.9 Å². The third-order valence-electron chi connectivity index (χ3n) is 3.56. The first-order valence-corrected chi connectivity index (χ1v) is 7.17. The van der Waals surface area contributed by atoms with Crippen LogP contribution in [-0.4, -0.2) is 24.3 Å². The third kappa shape index (κ3) is 2.07. The lowest BCUT2D eigenvalue weighted by atomic mass is 10.2. The Labute approximate surface area is 131 Å². The Morgan fingerprint density at radius 3 is 2.82 bits per heavy atom. The van der Waals surface area contributed by atoms with Crippen molar-refractivity contribution in [3.63, 3.8) is 0 Å². The number of para-hydroxylation sites is 1. The predicted octanol–water partition coefficient (Wildman–Crippen LogP) is 3.47. The van der Waals surface area contributed by atoms with Crippen molar-refractivity contribution >= 4 is 22.5 Å². The van der Waals surface area contributed by atoms with Crippen molar-refractivity contribution in [1.82, 2.24) is 24.3 Å². The maximum Gasteiger partial charge on any atom is 0.1000 e. The second-order valence-corrected chi connectivity index (χ2v) is 5.44. The van der Waals surface area contributed by atoms with Crippen LogP contribution in [0, 0.1) is 0 Å². The lowest BCUT2D eigenvalue weighted by Gasteiger charge is -2.06. The molecule has 0 fully saturated rings. The van der Waals surface area contributed by atoms with Crippen LogP contribution in [0.5, 0.6) is 0 Å². The summed E-state index contributed by atoms with van der Waals surface area (Å²) in [7, 11) is 1.89. The van der Waals surface area contributed by atoms with Crippen molar-refractivity contribution in [2.75, 3.05) is 0 Å². The Balaban J connectivity index is 1.86. The van der Waals surface area contributed by atoms with Crippen LogP contribution in [0.1, 0.15) is 0 Å². The van der Waals surface area contributed by atoms with Gasteiger partial charge in [0, 0.05) is 36.6 Å². The maximum absolute atomic E-state index is 6.24. The molecule has 6 heteroatoms. The van der Waals surface area contributed by atoms with Crippen LogP contribution in [0.2, 0.25) is 5.02 Å². The fraction of sp³-hybridized carbons (Fsp3) is 0.0625. The lowest BCUT2D eigenvalue weighted by molar-refractivity contribution is 0.768. The maximum atomic E-state index is 6.24. The summed E-state index contributed by atoms with van der Waals surface area (Å²) in [6.07, 6.45) is 9.19. The quantitative estimate of drug-likeness (QED) is 0.569. The average Bonchev–Trinajstić information content (AvgIpc) is 3.16. The Bertz CT molecular complexity index is 970. The first-order valence-electron chi connectivity index (χ1n) is 6.79. The molecule has 0 bridgehead atoms. The van der Waals surface area contributed by atoms with E-state index in [1.807, 2.05) is 42.2 Å². The molecule has 0 aliphatic carbocycles. The Hall–Kier alpha value is -2.66. The summed E-state index contributed by atoms with van der Waals surface area (Å²) >= 11 is 6.24. The van der Waals surface area contributed by atoms with Gasteiger partial charge in [0.25, 0.3) is 0 Å². The van der Waals surface area contributed by atoms with E-state index in [1.165, 1.54) is 0 Å². The van der Waals surface area contributed by atoms with E-state index in [4.69, 9.17) is 11.6 Å². The number of halogens is 1. The molecule has 0 unspecified atom stereocenters. The summed E-state index contributed by atoms with van der Waals surface area (Å²) in [5.41, 5.74) is 3.65. The molecule has 0 spiro atoms. The van der Waals surface area contributed by atoms with Crippen LogP contribution in [0.3, 0.4) is 0 Å². The van der Waals surface area contributed by atoms with Crippen LogP contribution < -0.4 is 0 Å². The Kier molecular flexibility index (Phi) is 2.94. The molecule has 0 aliphatic rings.